The third-order valence-electron chi connectivity index (χ3n) is 6.26. The van der Waals surface area contributed by atoms with Crippen LogP contribution in [-0.2, 0) is 4.79 Å². The quantitative estimate of drug-likeness (QED) is 0.572. The number of imide groups is 1. The van der Waals surface area contributed by atoms with Gasteiger partial charge in [0, 0.05) is 0 Å². The number of amides is 3. The molecule has 2 saturated heterocycles. The zero-order valence-corrected chi connectivity index (χ0v) is 16.0. The number of carbonyl (C=O) groups excluding carboxylic acids is 2. The topological polar surface area (TPSA) is 58.3 Å². The van der Waals surface area contributed by atoms with E-state index in [4.69, 9.17) is 0 Å². The van der Waals surface area contributed by atoms with Gasteiger partial charge in [-0.05, 0) is 37.3 Å². The number of nitrogens with one attached hydrogen (secondary N) is 3. The average Bonchev–Trinajstić information content (AvgIpc) is 3.50. The zero-order valence-electron chi connectivity index (χ0n) is 16.0. The fourth-order valence-corrected chi connectivity index (χ4v) is 4.27. The molecule has 2 heterocycles. The van der Waals surface area contributed by atoms with Crippen molar-refractivity contribution < 1.29 is 19.4 Å². The van der Waals surface area contributed by atoms with Crippen molar-refractivity contribution in [2.75, 3.05) is 39.4 Å². The standard InChI is InChI=1S/C21H28N4O2/c1-21(18-9-10-18)19(26)25(20(27)22-21)16-24-14-12-23(13-15-24)11-5-8-17-6-3-2-4-7-17/h2-8,18H,9-16H2,1H3,(H,22,27)/p+2/b8-5+/t21-/m1/s1. The lowest BCUT2D eigenvalue weighted by Gasteiger charge is -2.31. The number of rotatable bonds is 6. The molecule has 3 N–H and O–H groups in total. The summed E-state index contributed by atoms with van der Waals surface area (Å²) in [5.74, 6) is 0.301. The van der Waals surface area contributed by atoms with E-state index in [1.54, 1.807) is 4.90 Å². The van der Waals surface area contributed by atoms with Crippen LogP contribution in [0.15, 0.2) is 36.4 Å². The van der Waals surface area contributed by atoms with Gasteiger partial charge in [-0.2, -0.15) is 0 Å². The summed E-state index contributed by atoms with van der Waals surface area (Å²) in [6, 6.07) is 10.2. The molecule has 3 amide bonds. The number of piperazine rings is 1. The van der Waals surface area contributed by atoms with Gasteiger partial charge in [-0.25, -0.2) is 9.69 Å². The van der Waals surface area contributed by atoms with Gasteiger partial charge in [-0.3, -0.25) is 4.79 Å². The molecule has 0 radical (unpaired) electrons. The summed E-state index contributed by atoms with van der Waals surface area (Å²) in [4.78, 5) is 29.4. The van der Waals surface area contributed by atoms with Crippen LogP contribution in [-0.4, -0.2) is 61.8 Å². The molecule has 6 heteroatoms. The minimum atomic E-state index is -0.661. The van der Waals surface area contributed by atoms with E-state index in [1.807, 2.05) is 13.0 Å². The summed E-state index contributed by atoms with van der Waals surface area (Å²) in [5, 5.41) is 2.94. The van der Waals surface area contributed by atoms with Gasteiger partial charge in [0.2, 0.25) is 0 Å². The highest BCUT2D eigenvalue weighted by Gasteiger charge is 2.56. The lowest BCUT2D eigenvalue weighted by atomic mass is 9.96. The molecule has 4 rings (SSSR count). The van der Waals surface area contributed by atoms with Gasteiger partial charge in [0.1, 0.15) is 31.7 Å². The first-order valence-corrected chi connectivity index (χ1v) is 10.1. The summed E-state index contributed by atoms with van der Waals surface area (Å²) in [5.41, 5.74) is 0.574. The number of urea groups is 1. The molecule has 1 atom stereocenters. The molecule has 2 aliphatic heterocycles. The van der Waals surface area contributed by atoms with Crippen LogP contribution in [0.1, 0.15) is 25.3 Å². The largest absolute Gasteiger partial charge is 0.329 e. The number of benzene rings is 1. The summed E-state index contributed by atoms with van der Waals surface area (Å²) in [6.07, 6.45) is 6.51. The van der Waals surface area contributed by atoms with Gasteiger partial charge < -0.3 is 15.1 Å². The van der Waals surface area contributed by atoms with Crippen LogP contribution in [0.5, 0.6) is 0 Å². The second kappa shape index (κ2) is 7.44. The second-order valence-electron chi connectivity index (χ2n) is 8.32. The van der Waals surface area contributed by atoms with Crippen LogP contribution in [0.4, 0.5) is 4.79 Å². The third kappa shape index (κ3) is 3.92. The number of quaternary nitrogens is 2. The summed E-state index contributed by atoms with van der Waals surface area (Å²) < 4.78 is 0. The van der Waals surface area contributed by atoms with E-state index in [9.17, 15) is 9.59 Å². The Hall–Kier alpha value is -2.18. The molecular formula is C21H30N4O2+2. The SMILES string of the molecule is C[C@]1(C2CC2)NC(=O)N(C[NH+]2CC[NH+](C/C=C/c3ccccc3)CC2)C1=O. The number of hydrogen-bond donors (Lipinski definition) is 3. The molecule has 1 saturated carbocycles. The maximum absolute atomic E-state index is 12.7. The van der Waals surface area contributed by atoms with Crippen molar-refractivity contribution in [3.05, 3.63) is 42.0 Å². The highest BCUT2D eigenvalue weighted by atomic mass is 16.2. The smallest absolute Gasteiger partial charge is 0.323 e. The van der Waals surface area contributed by atoms with E-state index in [0.29, 0.717) is 12.6 Å². The predicted octanol–water partition coefficient (Wildman–Crippen LogP) is -0.839. The van der Waals surface area contributed by atoms with Crippen molar-refractivity contribution >= 4 is 18.0 Å². The minimum Gasteiger partial charge on any atom is -0.323 e. The van der Waals surface area contributed by atoms with Crippen LogP contribution < -0.4 is 15.1 Å². The second-order valence-corrected chi connectivity index (χ2v) is 8.32. The molecule has 0 aromatic heterocycles. The number of nitrogens with zero attached hydrogens (tertiary/aromatic N) is 1. The van der Waals surface area contributed by atoms with E-state index < -0.39 is 5.54 Å². The van der Waals surface area contributed by atoms with Gasteiger partial charge in [0.15, 0.2) is 6.67 Å². The minimum absolute atomic E-state index is 0.0249. The Labute approximate surface area is 160 Å². The molecule has 144 valence electrons. The van der Waals surface area contributed by atoms with Crippen molar-refractivity contribution in [2.24, 2.45) is 5.92 Å². The Kier molecular flexibility index (Phi) is 5.02. The van der Waals surface area contributed by atoms with Crippen molar-refractivity contribution in [1.29, 1.82) is 0 Å². The van der Waals surface area contributed by atoms with Gasteiger partial charge in [0.05, 0.1) is 6.54 Å². The van der Waals surface area contributed by atoms with E-state index in [0.717, 1.165) is 45.6 Å². The predicted molar refractivity (Wildman–Crippen MR) is 103 cm³/mol. The van der Waals surface area contributed by atoms with Crippen LogP contribution >= 0.6 is 0 Å². The Morgan fingerprint density at radius 3 is 2.44 bits per heavy atom. The third-order valence-corrected chi connectivity index (χ3v) is 6.26. The molecule has 1 aromatic rings. The summed E-state index contributed by atoms with van der Waals surface area (Å²) >= 11 is 0. The summed E-state index contributed by atoms with van der Waals surface area (Å²) in [6.45, 7) is 7.53. The molecule has 0 spiro atoms. The van der Waals surface area contributed by atoms with Crippen molar-refractivity contribution in [3.8, 4) is 0 Å². The maximum Gasteiger partial charge on any atom is 0.329 e. The molecule has 3 aliphatic rings. The normalized spacial score (nSPS) is 31.5. The van der Waals surface area contributed by atoms with Crippen LogP contribution in [0, 0.1) is 5.92 Å². The van der Waals surface area contributed by atoms with Crippen molar-refractivity contribution in [2.45, 2.75) is 25.3 Å². The fraction of sp³-hybridized carbons (Fsp3) is 0.524. The van der Waals surface area contributed by atoms with E-state index >= 15 is 0 Å². The lowest BCUT2D eigenvalue weighted by molar-refractivity contribution is -1.01. The van der Waals surface area contributed by atoms with Crippen LogP contribution in [0.2, 0.25) is 0 Å². The Bertz CT molecular complexity index is 723. The van der Waals surface area contributed by atoms with Crippen LogP contribution in [0.3, 0.4) is 0 Å². The Balaban J connectivity index is 1.24. The molecule has 3 fully saturated rings. The van der Waals surface area contributed by atoms with Crippen molar-refractivity contribution in [1.82, 2.24) is 10.2 Å². The van der Waals surface area contributed by atoms with Gasteiger partial charge in [-0.15, -0.1) is 0 Å². The Morgan fingerprint density at radius 2 is 1.78 bits per heavy atom. The Morgan fingerprint density at radius 1 is 1.11 bits per heavy atom. The van der Waals surface area contributed by atoms with Crippen molar-refractivity contribution in [3.63, 3.8) is 0 Å². The van der Waals surface area contributed by atoms with Gasteiger partial charge in [-0.1, -0.05) is 36.4 Å². The number of carbonyl (C=O) groups is 2. The first-order chi connectivity index (χ1) is 13.1. The lowest BCUT2D eigenvalue weighted by Crippen LogP contribution is -3.28. The maximum atomic E-state index is 12.7. The fourth-order valence-electron chi connectivity index (χ4n) is 4.27. The summed E-state index contributed by atoms with van der Waals surface area (Å²) in [7, 11) is 0. The molecule has 1 aromatic carbocycles. The molecule has 0 unspecified atom stereocenters. The highest BCUT2D eigenvalue weighted by Crippen LogP contribution is 2.42. The molecule has 6 nitrogen and oxygen atoms in total. The highest BCUT2D eigenvalue weighted by molar-refractivity contribution is 6.07. The number of hydrogen-bond acceptors (Lipinski definition) is 2. The average molecular weight is 370 g/mol. The zero-order chi connectivity index (χ0) is 18.9. The first kappa shape index (κ1) is 18.2. The molecular weight excluding hydrogens is 340 g/mol. The first-order valence-electron chi connectivity index (χ1n) is 10.1. The molecule has 1 aliphatic carbocycles. The van der Waals surface area contributed by atoms with E-state index in [1.165, 1.54) is 15.4 Å². The van der Waals surface area contributed by atoms with Gasteiger partial charge >= 0.3 is 6.03 Å². The van der Waals surface area contributed by atoms with Crippen LogP contribution in [0.25, 0.3) is 6.08 Å². The monoisotopic (exact) mass is 370 g/mol. The van der Waals surface area contributed by atoms with Gasteiger partial charge in [0.25, 0.3) is 5.91 Å². The van der Waals surface area contributed by atoms with E-state index in [-0.39, 0.29) is 11.9 Å². The molecule has 27 heavy (non-hydrogen) atoms. The van der Waals surface area contributed by atoms with E-state index in [2.05, 4.69) is 41.7 Å². The molecule has 0 bridgehead atoms.